The van der Waals surface area contributed by atoms with Crippen molar-refractivity contribution < 1.29 is 42.9 Å². The largest absolute Gasteiger partial charge is 0.497 e. The number of fused-ring (bicyclic) bond motifs is 5. The molecule has 4 rings (SSSR count). The number of rotatable bonds is 6. The molecule has 1 aromatic carbocycles. The third kappa shape index (κ3) is 3.05. The van der Waals surface area contributed by atoms with E-state index < -0.39 is 53.6 Å². The fourth-order valence-electron chi connectivity index (χ4n) is 4.43. The number of hydrogen-bond acceptors (Lipinski definition) is 9. The molecule has 2 amide bonds. The molecule has 2 bridgehead atoms. The lowest BCUT2D eigenvalue weighted by atomic mass is 9.76. The Morgan fingerprint density at radius 2 is 1.74 bits per heavy atom. The Labute approximate surface area is 177 Å². The number of anilines is 1. The topological polar surface area (TPSA) is 118 Å². The van der Waals surface area contributed by atoms with Gasteiger partial charge in [0.15, 0.2) is 5.60 Å². The Kier molecular flexibility index (Phi) is 4.97. The molecule has 10 nitrogen and oxygen atoms in total. The summed E-state index contributed by atoms with van der Waals surface area (Å²) in [5.41, 5.74) is -1.39. The van der Waals surface area contributed by atoms with Gasteiger partial charge < -0.3 is 23.7 Å². The first-order valence-corrected chi connectivity index (χ1v) is 9.55. The van der Waals surface area contributed by atoms with Crippen molar-refractivity contribution in [1.82, 2.24) is 0 Å². The summed E-state index contributed by atoms with van der Waals surface area (Å²) in [4.78, 5) is 51.2. The number of amides is 2. The van der Waals surface area contributed by atoms with Crippen LogP contribution in [0, 0.1) is 11.8 Å². The van der Waals surface area contributed by atoms with Crippen molar-refractivity contribution in [2.75, 3.05) is 19.1 Å². The summed E-state index contributed by atoms with van der Waals surface area (Å²) in [7, 11) is 2.88. The minimum absolute atomic E-state index is 0.220. The molecule has 4 atom stereocenters. The van der Waals surface area contributed by atoms with Crippen LogP contribution in [-0.2, 0) is 33.4 Å². The van der Waals surface area contributed by atoms with E-state index in [4.69, 9.17) is 23.7 Å². The lowest BCUT2D eigenvalue weighted by Crippen LogP contribution is -2.52. The zero-order chi connectivity index (χ0) is 22.5. The van der Waals surface area contributed by atoms with E-state index in [1.54, 1.807) is 18.2 Å². The first-order valence-electron chi connectivity index (χ1n) is 9.55. The van der Waals surface area contributed by atoms with Gasteiger partial charge in [-0.3, -0.25) is 19.2 Å². The zero-order valence-corrected chi connectivity index (χ0v) is 17.3. The molecule has 0 unspecified atom stereocenters. The molecule has 3 heterocycles. The Hall–Kier alpha value is -3.40. The molecule has 2 fully saturated rings. The average molecular weight is 431 g/mol. The van der Waals surface area contributed by atoms with Crippen LogP contribution in [0.5, 0.6) is 11.5 Å². The lowest BCUT2D eigenvalue weighted by molar-refractivity contribution is -0.226. The van der Waals surface area contributed by atoms with Gasteiger partial charge in [-0.25, -0.2) is 4.90 Å². The number of carbonyl (C=O) groups excluding carboxylic acids is 4. The molecule has 10 heteroatoms. The van der Waals surface area contributed by atoms with Gasteiger partial charge in [0.25, 0.3) is 6.29 Å². The molecule has 0 N–H and O–H groups in total. The van der Waals surface area contributed by atoms with E-state index >= 15 is 0 Å². The average Bonchev–Trinajstić information content (AvgIpc) is 3.37. The van der Waals surface area contributed by atoms with Gasteiger partial charge in [-0.2, -0.15) is 0 Å². The first kappa shape index (κ1) is 20.9. The van der Waals surface area contributed by atoms with E-state index in [-0.39, 0.29) is 5.69 Å². The van der Waals surface area contributed by atoms with Crippen LogP contribution in [0.25, 0.3) is 0 Å². The van der Waals surface area contributed by atoms with Crippen molar-refractivity contribution in [3.05, 3.63) is 30.4 Å². The second kappa shape index (κ2) is 7.38. The van der Waals surface area contributed by atoms with Crippen molar-refractivity contribution in [3.63, 3.8) is 0 Å². The van der Waals surface area contributed by atoms with Gasteiger partial charge in [0, 0.05) is 19.9 Å². The molecule has 164 valence electrons. The van der Waals surface area contributed by atoms with Crippen LogP contribution in [0.1, 0.15) is 13.8 Å². The summed E-state index contributed by atoms with van der Waals surface area (Å²) < 4.78 is 26.9. The maximum Gasteiger partial charge on any atom is 0.305 e. The fraction of sp³-hybridized carbons (Fsp3) is 0.429. The van der Waals surface area contributed by atoms with E-state index in [0.717, 1.165) is 18.7 Å². The van der Waals surface area contributed by atoms with Gasteiger partial charge >= 0.3 is 11.9 Å². The van der Waals surface area contributed by atoms with Gasteiger partial charge in [-0.15, -0.1) is 0 Å². The fourth-order valence-corrected chi connectivity index (χ4v) is 4.43. The van der Waals surface area contributed by atoms with Crippen LogP contribution >= 0.6 is 0 Å². The molecular formula is C21H21NO9. The van der Waals surface area contributed by atoms with Crippen LogP contribution in [0.3, 0.4) is 0 Å². The summed E-state index contributed by atoms with van der Waals surface area (Å²) >= 11 is 0. The SMILES string of the molecule is COc1ccc(OC)c(N2C(=O)[C@@H]3[C@H]4C=C[C@@](C(OC(C)=O)OC(C)=O)(O4)[C@H]3C2=O)c1. The van der Waals surface area contributed by atoms with E-state index in [1.165, 1.54) is 26.4 Å². The number of hydrogen-bond donors (Lipinski definition) is 0. The van der Waals surface area contributed by atoms with Crippen molar-refractivity contribution in [1.29, 1.82) is 0 Å². The van der Waals surface area contributed by atoms with Crippen molar-refractivity contribution in [2.24, 2.45) is 11.8 Å². The van der Waals surface area contributed by atoms with Crippen LogP contribution in [0.15, 0.2) is 30.4 Å². The van der Waals surface area contributed by atoms with Gasteiger partial charge in [0.1, 0.15) is 11.5 Å². The summed E-state index contributed by atoms with van der Waals surface area (Å²) in [5, 5.41) is 0. The molecule has 0 spiro atoms. The Bertz CT molecular complexity index is 987. The molecule has 0 radical (unpaired) electrons. The quantitative estimate of drug-likeness (QED) is 0.281. The minimum Gasteiger partial charge on any atom is -0.497 e. The predicted molar refractivity (Wildman–Crippen MR) is 103 cm³/mol. The van der Waals surface area contributed by atoms with Gasteiger partial charge in [0.05, 0.1) is 37.8 Å². The summed E-state index contributed by atoms with van der Waals surface area (Å²) in [5.74, 6) is -3.75. The highest BCUT2D eigenvalue weighted by Gasteiger charge is 2.72. The van der Waals surface area contributed by atoms with Crippen LogP contribution in [-0.4, -0.2) is 56.0 Å². The van der Waals surface area contributed by atoms with Crippen molar-refractivity contribution in [3.8, 4) is 11.5 Å². The maximum atomic E-state index is 13.6. The number of ether oxygens (including phenoxy) is 5. The highest BCUT2D eigenvalue weighted by atomic mass is 16.7. The molecule has 0 aliphatic carbocycles. The Morgan fingerprint density at radius 3 is 2.32 bits per heavy atom. The standard InChI is InChI=1S/C21H21NO9/c1-10(23)29-20(30-11(2)24)21-8-7-15(31-21)16-17(21)19(26)22(18(16)25)13-9-12(27-3)5-6-14(13)28-4/h5-9,15-17,20H,1-4H3/t15-,16-,17-,21-/m1/s1. The monoisotopic (exact) mass is 431 g/mol. The molecule has 0 aromatic heterocycles. The van der Waals surface area contributed by atoms with E-state index in [1.807, 2.05) is 0 Å². The maximum absolute atomic E-state index is 13.6. The Balaban J connectivity index is 1.78. The normalized spacial score (nSPS) is 28.2. The number of nitrogens with zero attached hydrogens (tertiary/aromatic N) is 1. The van der Waals surface area contributed by atoms with Gasteiger partial charge in [0.2, 0.25) is 11.8 Å². The predicted octanol–water partition coefficient (Wildman–Crippen LogP) is 0.969. The first-order chi connectivity index (χ1) is 14.7. The highest BCUT2D eigenvalue weighted by molar-refractivity contribution is 6.24. The zero-order valence-electron chi connectivity index (χ0n) is 17.3. The molecule has 31 heavy (non-hydrogen) atoms. The number of carbonyl (C=O) groups is 4. The van der Waals surface area contributed by atoms with Crippen LogP contribution in [0.4, 0.5) is 5.69 Å². The highest BCUT2D eigenvalue weighted by Crippen LogP contribution is 2.55. The summed E-state index contributed by atoms with van der Waals surface area (Å²) in [6, 6.07) is 4.75. The third-order valence-electron chi connectivity index (χ3n) is 5.62. The van der Waals surface area contributed by atoms with E-state index in [2.05, 4.69) is 0 Å². The molecular weight excluding hydrogens is 410 g/mol. The molecule has 3 aliphatic heterocycles. The number of esters is 2. The van der Waals surface area contributed by atoms with E-state index in [9.17, 15) is 19.2 Å². The second-order valence-electron chi connectivity index (χ2n) is 7.40. The number of imide groups is 1. The smallest absolute Gasteiger partial charge is 0.305 e. The number of methoxy groups -OCH3 is 2. The van der Waals surface area contributed by atoms with Gasteiger partial charge in [-0.05, 0) is 18.2 Å². The van der Waals surface area contributed by atoms with Crippen molar-refractivity contribution in [2.45, 2.75) is 31.8 Å². The summed E-state index contributed by atoms with van der Waals surface area (Å²) in [6.45, 7) is 2.29. The van der Waals surface area contributed by atoms with E-state index in [0.29, 0.717) is 11.5 Å². The molecule has 1 aromatic rings. The van der Waals surface area contributed by atoms with Gasteiger partial charge in [-0.1, -0.05) is 6.08 Å². The number of benzene rings is 1. The third-order valence-corrected chi connectivity index (χ3v) is 5.62. The van der Waals surface area contributed by atoms with Crippen LogP contribution in [0.2, 0.25) is 0 Å². The minimum atomic E-state index is -1.61. The second-order valence-corrected chi connectivity index (χ2v) is 7.40. The summed E-state index contributed by atoms with van der Waals surface area (Å²) in [6.07, 6.45) is 0.866. The lowest BCUT2D eigenvalue weighted by Gasteiger charge is -2.34. The van der Waals surface area contributed by atoms with Crippen LogP contribution < -0.4 is 14.4 Å². The van der Waals surface area contributed by atoms with Crippen molar-refractivity contribution >= 4 is 29.4 Å². The Morgan fingerprint density at radius 1 is 1.06 bits per heavy atom. The molecule has 0 saturated carbocycles. The molecule has 3 aliphatic rings. The molecule has 2 saturated heterocycles.